The molecule has 27 heavy (non-hydrogen) atoms. The molecule has 2 aromatic rings. The topological polar surface area (TPSA) is 94.6 Å². The maximum absolute atomic E-state index is 12.7. The van der Waals surface area contributed by atoms with Gasteiger partial charge in [-0.1, -0.05) is 18.2 Å². The van der Waals surface area contributed by atoms with Crippen molar-refractivity contribution in [2.45, 2.75) is 45.3 Å². The number of hydrogen-bond donors (Lipinski definition) is 1. The highest BCUT2D eigenvalue weighted by Gasteiger charge is 2.25. The van der Waals surface area contributed by atoms with Crippen LogP contribution in [-0.4, -0.2) is 41.6 Å². The number of pyridine rings is 1. The number of fused-ring (bicyclic) bond motifs is 1. The highest BCUT2D eigenvalue weighted by atomic mass is 16.6. The van der Waals surface area contributed by atoms with Gasteiger partial charge in [-0.2, -0.15) is 0 Å². The van der Waals surface area contributed by atoms with Gasteiger partial charge < -0.3 is 14.8 Å². The number of nitrogens with zero attached hydrogens (tertiary/aromatic N) is 1. The second kappa shape index (κ2) is 8.62. The highest BCUT2D eigenvalue weighted by Crippen LogP contribution is 2.17. The number of carbonyl (C=O) groups excluding carboxylic acids is 3. The molecule has 0 unspecified atom stereocenters. The van der Waals surface area contributed by atoms with E-state index >= 15 is 0 Å². The van der Waals surface area contributed by atoms with Crippen molar-refractivity contribution >= 4 is 28.7 Å². The fraction of sp³-hybridized carbons (Fsp3) is 0.400. The van der Waals surface area contributed by atoms with E-state index in [1.165, 1.54) is 13.3 Å². The Kier molecular flexibility index (Phi) is 6.50. The van der Waals surface area contributed by atoms with Crippen LogP contribution in [0.25, 0.3) is 10.9 Å². The van der Waals surface area contributed by atoms with E-state index in [9.17, 15) is 14.4 Å². The maximum Gasteiger partial charge on any atom is 0.328 e. The summed E-state index contributed by atoms with van der Waals surface area (Å²) >= 11 is 0. The van der Waals surface area contributed by atoms with Gasteiger partial charge in [-0.15, -0.1) is 0 Å². The van der Waals surface area contributed by atoms with Crippen LogP contribution in [-0.2, 0) is 19.1 Å². The Hall–Kier alpha value is -2.96. The largest absolute Gasteiger partial charge is 0.467 e. The number of benzene rings is 1. The van der Waals surface area contributed by atoms with E-state index in [-0.39, 0.29) is 12.8 Å². The zero-order valence-corrected chi connectivity index (χ0v) is 15.9. The van der Waals surface area contributed by atoms with Crippen LogP contribution in [0.15, 0.2) is 36.5 Å². The number of hydrogen-bond acceptors (Lipinski definition) is 6. The quantitative estimate of drug-likeness (QED) is 0.784. The molecule has 0 spiro atoms. The van der Waals surface area contributed by atoms with Crippen molar-refractivity contribution in [3.8, 4) is 0 Å². The molecule has 0 fully saturated rings. The molecule has 0 aliphatic heterocycles. The summed E-state index contributed by atoms with van der Waals surface area (Å²) in [6, 6.07) is 7.84. The molecule has 1 heterocycles. The molecule has 7 nitrogen and oxygen atoms in total. The fourth-order valence-corrected chi connectivity index (χ4v) is 2.58. The number of methoxy groups -OCH3 is 1. The summed E-state index contributed by atoms with van der Waals surface area (Å²) in [6.07, 6.45) is 1.59. The Morgan fingerprint density at radius 2 is 1.85 bits per heavy atom. The van der Waals surface area contributed by atoms with Gasteiger partial charge in [0.2, 0.25) is 0 Å². The minimum Gasteiger partial charge on any atom is -0.467 e. The first kappa shape index (κ1) is 20.4. The molecule has 2 rings (SSSR count). The molecule has 1 atom stereocenters. The molecule has 1 aromatic heterocycles. The molecule has 7 heteroatoms. The lowest BCUT2D eigenvalue weighted by atomic mass is 10.1. The monoisotopic (exact) mass is 372 g/mol. The fourth-order valence-electron chi connectivity index (χ4n) is 2.58. The summed E-state index contributed by atoms with van der Waals surface area (Å²) in [5.74, 6) is -1.50. The van der Waals surface area contributed by atoms with E-state index in [2.05, 4.69) is 10.3 Å². The van der Waals surface area contributed by atoms with Crippen molar-refractivity contribution in [1.29, 1.82) is 0 Å². The zero-order valence-electron chi connectivity index (χ0n) is 15.9. The standard InChI is InChI=1S/C20H24N2O5/c1-20(2,3)27-17(23)10-9-16(19(25)26-4)22-18(24)14-11-12-21-15-8-6-5-7-13(14)15/h5-8,11-12,16H,9-10H2,1-4H3,(H,22,24)/t16-/m1/s1. The molecule has 0 saturated heterocycles. The number of carbonyl (C=O) groups is 3. The molecule has 1 N–H and O–H groups in total. The summed E-state index contributed by atoms with van der Waals surface area (Å²) in [5.41, 5.74) is 0.456. The number of ether oxygens (including phenoxy) is 2. The van der Waals surface area contributed by atoms with Crippen molar-refractivity contribution in [1.82, 2.24) is 10.3 Å². The molecule has 0 aliphatic carbocycles. The summed E-state index contributed by atoms with van der Waals surface area (Å²) in [5, 5.41) is 3.32. The lowest BCUT2D eigenvalue weighted by Crippen LogP contribution is -2.42. The normalized spacial score (nSPS) is 12.3. The second-order valence-corrected chi connectivity index (χ2v) is 7.05. The van der Waals surface area contributed by atoms with Gasteiger partial charge in [0.25, 0.3) is 5.91 Å². The lowest BCUT2D eigenvalue weighted by Gasteiger charge is -2.21. The number of nitrogens with one attached hydrogen (secondary N) is 1. The van der Waals surface area contributed by atoms with Gasteiger partial charge >= 0.3 is 11.9 Å². The summed E-state index contributed by atoms with van der Waals surface area (Å²) in [7, 11) is 1.23. The third-order valence-corrected chi connectivity index (χ3v) is 3.74. The van der Waals surface area contributed by atoms with Gasteiger partial charge in [0.15, 0.2) is 0 Å². The third-order valence-electron chi connectivity index (χ3n) is 3.74. The molecule has 1 amide bonds. The summed E-state index contributed by atoms with van der Waals surface area (Å²) in [6.45, 7) is 5.29. The molecule has 0 saturated carbocycles. The Morgan fingerprint density at radius 3 is 2.52 bits per heavy atom. The molecule has 0 bridgehead atoms. The van der Waals surface area contributed by atoms with E-state index in [4.69, 9.17) is 9.47 Å². The number of para-hydroxylation sites is 1. The van der Waals surface area contributed by atoms with Crippen LogP contribution in [0.2, 0.25) is 0 Å². The van der Waals surface area contributed by atoms with Crippen molar-refractivity contribution in [3.05, 3.63) is 42.1 Å². The van der Waals surface area contributed by atoms with Crippen LogP contribution in [0.4, 0.5) is 0 Å². The van der Waals surface area contributed by atoms with Crippen LogP contribution < -0.4 is 5.32 Å². The van der Waals surface area contributed by atoms with E-state index < -0.39 is 29.5 Å². The van der Waals surface area contributed by atoms with E-state index in [1.54, 1.807) is 45.0 Å². The number of amides is 1. The molecule has 0 aliphatic rings. The molecular formula is C20H24N2O5. The van der Waals surface area contributed by atoms with Gasteiger partial charge in [-0.3, -0.25) is 14.6 Å². The molecule has 1 aromatic carbocycles. The minimum atomic E-state index is -0.957. The van der Waals surface area contributed by atoms with Gasteiger partial charge in [0.05, 0.1) is 18.2 Å². The Balaban J connectivity index is 2.12. The first-order valence-electron chi connectivity index (χ1n) is 8.65. The van der Waals surface area contributed by atoms with Crippen LogP contribution in [0, 0.1) is 0 Å². The van der Waals surface area contributed by atoms with Crippen molar-refractivity contribution in [2.75, 3.05) is 7.11 Å². The van der Waals surface area contributed by atoms with E-state index in [1.807, 2.05) is 6.07 Å². The highest BCUT2D eigenvalue weighted by molar-refractivity contribution is 6.07. The molecule has 144 valence electrons. The minimum absolute atomic E-state index is 0.0194. The van der Waals surface area contributed by atoms with Crippen molar-refractivity contribution in [3.63, 3.8) is 0 Å². The third kappa shape index (κ3) is 5.77. The first-order chi connectivity index (χ1) is 12.7. The van der Waals surface area contributed by atoms with Crippen LogP contribution >= 0.6 is 0 Å². The van der Waals surface area contributed by atoms with Gasteiger partial charge in [-0.05, 0) is 39.3 Å². The predicted molar refractivity (Wildman–Crippen MR) is 100 cm³/mol. The van der Waals surface area contributed by atoms with E-state index in [0.29, 0.717) is 16.5 Å². The predicted octanol–water partition coefficient (Wildman–Crippen LogP) is 2.63. The van der Waals surface area contributed by atoms with Crippen molar-refractivity contribution < 1.29 is 23.9 Å². The lowest BCUT2D eigenvalue weighted by molar-refractivity contribution is -0.155. The summed E-state index contributed by atoms with van der Waals surface area (Å²) in [4.78, 5) is 40.9. The van der Waals surface area contributed by atoms with Crippen LogP contribution in [0.1, 0.15) is 44.0 Å². The first-order valence-corrected chi connectivity index (χ1v) is 8.65. The van der Waals surface area contributed by atoms with Crippen molar-refractivity contribution in [2.24, 2.45) is 0 Å². The Morgan fingerprint density at radius 1 is 1.15 bits per heavy atom. The van der Waals surface area contributed by atoms with Gasteiger partial charge in [0.1, 0.15) is 11.6 Å². The Bertz CT molecular complexity index is 836. The SMILES string of the molecule is COC(=O)[C@@H](CCC(=O)OC(C)(C)C)NC(=O)c1ccnc2ccccc12. The number of aromatic nitrogens is 1. The molecular weight excluding hydrogens is 348 g/mol. The van der Waals surface area contributed by atoms with Gasteiger partial charge in [0, 0.05) is 18.0 Å². The Labute approximate surface area is 158 Å². The summed E-state index contributed by atoms with van der Waals surface area (Å²) < 4.78 is 9.99. The van der Waals surface area contributed by atoms with Crippen LogP contribution in [0.5, 0.6) is 0 Å². The van der Waals surface area contributed by atoms with E-state index in [0.717, 1.165) is 0 Å². The molecule has 0 radical (unpaired) electrons. The zero-order chi connectivity index (χ0) is 20.0. The number of rotatable bonds is 6. The van der Waals surface area contributed by atoms with Crippen LogP contribution in [0.3, 0.4) is 0 Å². The smallest absolute Gasteiger partial charge is 0.328 e. The average Bonchev–Trinajstić information content (AvgIpc) is 2.62. The average molecular weight is 372 g/mol. The number of esters is 2. The second-order valence-electron chi connectivity index (χ2n) is 7.05. The van der Waals surface area contributed by atoms with Gasteiger partial charge in [-0.25, -0.2) is 4.79 Å². The maximum atomic E-state index is 12.7.